The summed E-state index contributed by atoms with van der Waals surface area (Å²) in [6.07, 6.45) is 0.284. The molecule has 2 aromatic carbocycles. The van der Waals surface area contributed by atoms with Crippen molar-refractivity contribution in [2.75, 3.05) is 17.2 Å². The van der Waals surface area contributed by atoms with Crippen LogP contribution in [0, 0.1) is 5.82 Å². The number of sulfonamides is 1. The monoisotopic (exact) mass is 497 g/mol. The predicted octanol–water partition coefficient (Wildman–Crippen LogP) is 5.76. The molecule has 3 aromatic rings. The summed E-state index contributed by atoms with van der Waals surface area (Å²) in [5.41, 5.74) is -0.129. The minimum atomic E-state index is -4.06. The second kappa shape index (κ2) is 10.4. The Morgan fingerprint density at radius 1 is 1.16 bits per heavy atom. The average Bonchev–Trinajstić information content (AvgIpc) is 3.22. The van der Waals surface area contributed by atoms with Gasteiger partial charge in [0.2, 0.25) is 10.0 Å². The molecule has 1 heterocycles. The Kier molecular flexibility index (Phi) is 7.86. The van der Waals surface area contributed by atoms with Gasteiger partial charge in [-0.25, -0.2) is 12.8 Å². The molecule has 0 fully saturated rings. The third-order valence-electron chi connectivity index (χ3n) is 4.36. The van der Waals surface area contributed by atoms with Crippen LogP contribution in [0.3, 0.4) is 0 Å². The molecule has 170 valence electrons. The van der Waals surface area contributed by atoms with Crippen molar-refractivity contribution in [1.29, 1.82) is 0 Å². The highest BCUT2D eigenvalue weighted by Gasteiger charge is 2.32. The van der Waals surface area contributed by atoms with E-state index in [1.165, 1.54) is 37.1 Å². The highest BCUT2D eigenvalue weighted by Crippen LogP contribution is 2.29. The number of hydrogen-bond donors (Lipinski definition) is 0. The van der Waals surface area contributed by atoms with Crippen LogP contribution in [0.5, 0.6) is 5.75 Å². The van der Waals surface area contributed by atoms with Crippen LogP contribution in [-0.2, 0) is 15.8 Å². The number of thioether (sulfide) groups is 1. The number of nitrogens with zero attached hydrogens (tertiary/aromatic N) is 1. The third-order valence-corrected chi connectivity index (χ3v) is 7.51. The van der Waals surface area contributed by atoms with Crippen LogP contribution < -0.4 is 9.04 Å². The first-order chi connectivity index (χ1) is 15.2. The van der Waals surface area contributed by atoms with E-state index >= 15 is 0 Å². The van der Waals surface area contributed by atoms with E-state index in [1.54, 1.807) is 25.1 Å². The van der Waals surface area contributed by atoms with Crippen LogP contribution in [0.4, 0.5) is 10.1 Å². The molecule has 0 atom stereocenters. The summed E-state index contributed by atoms with van der Waals surface area (Å²) in [5, 5.41) is 0.628. The second-order valence-electron chi connectivity index (χ2n) is 6.71. The van der Waals surface area contributed by atoms with Gasteiger partial charge in [0.05, 0.1) is 24.3 Å². The van der Waals surface area contributed by atoms with Crippen molar-refractivity contribution in [3.63, 3.8) is 0 Å². The molecule has 0 bridgehead atoms. The van der Waals surface area contributed by atoms with Crippen molar-refractivity contribution in [1.82, 2.24) is 0 Å². The van der Waals surface area contributed by atoms with Crippen LogP contribution >= 0.6 is 23.4 Å². The molecule has 0 aliphatic rings. The number of methoxy groups -OCH3 is 1. The maximum atomic E-state index is 14.2. The van der Waals surface area contributed by atoms with E-state index in [9.17, 15) is 17.6 Å². The molecule has 6 nitrogen and oxygen atoms in total. The van der Waals surface area contributed by atoms with Gasteiger partial charge in [0.1, 0.15) is 5.76 Å². The van der Waals surface area contributed by atoms with Crippen LogP contribution in [0.2, 0.25) is 5.02 Å². The van der Waals surface area contributed by atoms with Crippen molar-refractivity contribution in [3.8, 4) is 5.75 Å². The Morgan fingerprint density at radius 3 is 2.50 bits per heavy atom. The Morgan fingerprint density at radius 2 is 1.88 bits per heavy atom. The largest absolute Gasteiger partial charge is 0.494 e. The summed E-state index contributed by atoms with van der Waals surface area (Å²) < 4.78 is 51.0. The van der Waals surface area contributed by atoms with E-state index in [0.29, 0.717) is 20.8 Å². The van der Waals surface area contributed by atoms with Gasteiger partial charge in [-0.3, -0.25) is 4.79 Å². The van der Waals surface area contributed by atoms with Gasteiger partial charge in [-0.1, -0.05) is 18.5 Å². The van der Waals surface area contributed by atoms with Crippen LogP contribution in [0.1, 0.15) is 29.7 Å². The number of ether oxygens (including phenoxy) is 1. The maximum Gasteiger partial charge on any atom is 0.307 e. The number of amides is 1. The fourth-order valence-corrected chi connectivity index (χ4v) is 5.29. The Balaban J connectivity index is 1.86. The Hall–Kier alpha value is -2.49. The molecule has 3 rings (SSSR count). The number of benzene rings is 2. The van der Waals surface area contributed by atoms with Gasteiger partial charge < -0.3 is 9.15 Å². The van der Waals surface area contributed by atoms with Crippen molar-refractivity contribution >= 4 is 45.0 Å². The number of furan rings is 1. The molecule has 1 aromatic heterocycles. The quantitative estimate of drug-likeness (QED) is 0.350. The molecule has 0 saturated heterocycles. The molecule has 0 unspecified atom stereocenters. The van der Waals surface area contributed by atoms with Crippen LogP contribution in [-0.4, -0.2) is 27.2 Å². The summed E-state index contributed by atoms with van der Waals surface area (Å²) in [5.74, 6) is -1.27. The molecule has 1 amide bonds. The van der Waals surface area contributed by atoms with Gasteiger partial charge in [-0.15, -0.1) is 11.8 Å². The maximum absolute atomic E-state index is 14.2. The first-order valence-electron chi connectivity index (χ1n) is 9.63. The second-order valence-corrected chi connectivity index (χ2v) is 10.1. The summed E-state index contributed by atoms with van der Waals surface area (Å²) in [7, 11) is -2.77. The first kappa shape index (κ1) is 24.2. The zero-order valence-corrected chi connectivity index (χ0v) is 19.8. The van der Waals surface area contributed by atoms with Crippen molar-refractivity contribution < 1.29 is 26.8 Å². The number of anilines is 1. The lowest BCUT2D eigenvalue weighted by molar-refractivity contribution is 0.0978. The number of hydrogen-bond acceptors (Lipinski definition) is 6. The molecule has 32 heavy (non-hydrogen) atoms. The smallest absolute Gasteiger partial charge is 0.307 e. The number of carbonyl (C=O) groups excluding carboxylic acids is 1. The number of halogens is 2. The zero-order chi connectivity index (χ0) is 23.3. The molecule has 0 spiro atoms. The third kappa shape index (κ3) is 5.65. The molecule has 0 aliphatic carbocycles. The van der Waals surface area contributed by atoms with Gasteiger partial charge in [0.15, 0.2) is 17.3 Å². The van der Waals surface area contributed by atoms with E-state index in [2.05, 4.69) is 0 Å². The standard InChI is InChI=1S/C22H21ClFNO5S2/c1-3-12-32(27,28)25(16-6-10-20(29-2)19(24)13-16)22(26)21-11-7-17(30-21)14-31-18-8-4-15(23)5-9-18/h4-11,13H,3,12,14H2,1-2H3. The molecule has 10 heteroatoms. The normalized spacial score (nSPS) is 11.4. The first-order valence-corrected chi connectivity index (χ1v) is 12.6. The summed E-state index contributed by atoms with van der Waals surface area (Å²) in [4.78, 5) is 14.1. The molecule has 0 N–H and O–H groups in total. The van der Waals surface area contributed by atoms with Gasteiger partial charge in [0, 0.05) is 16.0 Å². The summed E-state index contributed by atoms with van der Waals surface area (Å²) in [6.45, 7) is 1.67. The molecular weight excluding hydrogens is 477 g/mol. The molecule has 0 saturated carbocycles. The van der Waals surface area contributed by atoms with Crippen molar-refractivity contribution in [2.24, 2.45) is 0 Å². The van der Waals surface area contributed by atoms with Crippen LogP contribution in [0.15, 0.2) is 63.9 Å². The Bertz CT molecular complexity index is 1200. The SMILES string of the molecule is CCCS(=O)(=O)N(C(=O)c1ccc(CSc2ccc(Cl)cc2)o1)c1ccc(OC)c(F)c1. The number of carbonyl (C=O) groups is 1. The lowest BCUT2D eigenvalue weighted by Crippen LogP contribution is -2.38. The fraction of sp³-hybridized carbons (Fsp3) is 0.227. The fourth-order valence-electron chi connectivity index (χ4n) is 2.89. The molecule has 0 radical (unpaired) electrons. The average molecular weight is 498 g/mol. The predicted molar refractivity (Wildman–Crippen MR) is 124 cm³/mol. The van der Waals surface area contributed by atoms with E-state index in [1.807, 2.05) is 12.1 Å². The minimum Gasteiger partial charge on any atom is -0.494 e. The van der Waals surface area contributed by atoms with E-state index in [0.717, 1.165) is 11.0 Å². The zero-order valence-electron chi connectivity index (χ0n) is 17.4. The molecular formula is C22H21ClFNO5S2. The Labute approximate surface area is 195 Å². The lowest BCUT2D eigenvalue weighted by atomic mass is 10.2. The highest BCUT2D eigenvalue weighted by atomic mass is 35.5. The van der Waals surface area contributed by atoms with Crippen molar-refractivity contribution in [2.45, 2.75) is 24.0 Å². The van der Waals surface area contributed by atoms with E-state index in [4.69, 9.17) is 20.8 Å². The van der Waals surface area contributed by atoms with E-state index < -0.39 is 21.7 Å². The highest BCUT2D eigenvalue weighted by molar-refractivity contribution is 7.98. The van der Waals surface area contributed by atoms with Gasteiger partial charge >= 0.3 is 5.91 Å². The number of rotatable bonds is 9. The minimum absolute atomic E-state index is 0.0615. The van der Waals surface area contributed by atoms with Crippen molar-refractivity contribution in [3.05, 3.63) is 77.0 Å². The van der Waals surface area contributed by atoms with E-state index in [-0.39, 0.29) is 29.4 Å². The van der Waals surface area contributed by atoms with Crippen LogP contribution in [0.25, 0.3) is 0 Å². The van der Waals surface area contributed by atoms with Gasteiger partial charge in [0.25, 0.3) is 0 Å². The topological polar surface area (TPSA) is 76.8 Å². The molecule has 0 aliphatic heterocycles. The summed E-state index contributed by atoms with van der Waals surface area (Å²) in [6, 6.07) is 13.8. The van der Waals surface area contributed by atoms with Gasteiger partial charge in [-0.05, 0) is 55.0 Å². The summed E-state index contributed by atoms with van der Waals surface area (Å²) >= 11 is 7.36. The van der Waals surface area contributed by atoms with Gasteiger partial charge in [-0.2, -0.15) is 4.31 Å². The lowest BCUT2D eigenvalue weighted by Gasteiger charge is -2.21.